The Morgan fingerprint density at radius 1 is 1.05 bits per heavy atom. The van der Waals surface area contributed by atoms with Crippen LogP contribution in [0.15, 0.2) is 61.2 Å². The Bertz CT molecular complexity index is 950. The van der Waals surface area contributed by atoms with Gasteiger partial charge in [0, 0.05) is 41.1 Å². The lowest BCUT2D eigenvalue weighted by molar-refractivity contribution is 0.768. The van der Waals surface area contributed by atoms with Gasteiger partial charge in [0.15, 0.2) is 0 Å². The second-order valence-electron chi connectivity index (χ2n) is 5.18. The Labute approximate surface area is 132 Å². The largest absolute Gasteiger partial charge is 0.308 e. The van der Waals surface area contributed by atoms with E-state index in [0.29, 0.717) is 0 Å². The molecule has 0 bridgehead atoms. The highest BCUT2D eigenvalue weighted by molar-refractivity contribution is 6.30. The van der Waals surface area contributed by atoms with Crippen molar-refractivity contribution in [2.75, 3.05) is 0 Å². The summed E-state index contributed by atoms with van der Waals surface area (Å²) in [6, 6.07) is 12.0. The van der Waals surface area contributed by atoms with Crippen LogP contribution < -0.4 is 0 Å². The first-order valence-corrected chi connectivity index (χ1v) is 7.30. The van der Waals surface area contributed by atoms with Crippen LogP contribution in [0.3, 0.4) is 0 Å². The van der Waals surface area contributed by atoms with Crippen LogP contribution in [0.1, 0.15) is 0 Å². The number of fused-ring (bicyclic) bond motifs is 1. The fraction of sp³-hybridized carbons (Fsp3) is 0.0588. The van der Waals surface area contributed by atoms with Crippen molar-refractivity contribution in [3.05, 3.63) is 66.2 Å². The zero-order chi connectivity index (χ0) is 15.1. The van der Waals surface area contributed by atoms with Crippen LogP contribution in [0.4, 0.5) is 0 Å². The van der Waals surface area contributed by atoms with E-state index in [0.717, 1.165) is 32.9 Å². The van der Waals surface area contributed by atoms with E-state index in [2.05, 4.69) is 20.7 Å². The Balaban J connectivity index is 2.03. The van der Waals surface area contributed by atoms with Crippen LogP contribution in [0.25, 0.3) is 27.8 Å². The van der Waals surface area contributed by atoms with E-state index in [9.17, 15) is 0 Å². The SMILES string of the molecule is Cn1cc(-c2cc3ccncc3n2-c2ccc(Cl)cc2)cn1. The van der Waals surface area contributed by atoms with Gasteiger partial charge in [0.2, 0.25) is 0 Å². The summed E-state index contributed by atoms with van der Waals surface area (Å²) >= 11 is 6.02. The Hall–Kier alpha value is -2.59. The van der Waals surface area contributed by atoms with Crippen molar-refractivity contribution >= 4 is 22.5 Å². The molecule has 108 valence electrons. The maximum atomic E-state index is 6.02. The summed E-state index contributed by atoms with van der Waals surface area (Å²) in [6.07, 6.45) is 7.56. The van der Waals surface area contributed by atoms with E-state index in [1.807, 2.05) is 62.2 Å². The van der Waals surface area contributed by atoms with Crippen LogP contribution in [-0.4, -0.2) is 19.3 Å². The van der Waals surface area contributed by atoms with Gasteiger partial charge in [0.1, 0.15) is 0 Å². The molecule has 0 fully saturated rings. The molecule has 4 rings (SSSR count). The first-order valence-electron chi connectivity index (χ1n) is 6.93. The molecular formula is C17H13ClN4. The predicted octanol–water partition coefficient (Wildman–Crippen LogP) is 4.08. The van der Waals surface area contributed by atoms with Crippen LogP contribution in [0, 0.1) is 0 Å². The molecule has 22 heavy (non-hydrogen) atoms. The number of pyridine rings is 1. The summed E-state index contributed by atoms with van der Waals surface area (Å²) in [5.41, 5.74) is 4.25. The monoisotopic (exact) mass is 308 g/mol. The molecule has 0 atom stereocenters. The molecule has 0 aliphatic rings. The number of hydrogen-bond acceptors (Lipinski definition) is 2. The summed E-state index contributed by atoms with van der Waals surface area (Å²) in [4.78, 5) is 4.26. The Morgan fingerprint density at radius 2 is 1.86 bits per heavy atom. The Morgan fingerprint density at radius 3 is 2.59 bits per heavy atom. The zero-order valence-corrected chi connectivity index (χ0v) is 12.7. The topological polar surface area (TPSA) is 35.6 Å². The first kappa shape index (κ1) is 13.1. The van der Waals surface area contributed by atoms with Crippen LogP contribution in [0.2, 0.25) is 5.02 Å². The fourth-order valence-electron chi connectivity index (χ4n) is 2.68. The number of nitrogens with zero attached hydrogens (tertiary/aromatic N) is 4. The molecule has 0 spiro atoms. The minimum atomic E-state index is 0.723. The van der Waals surface area contributed by atoms with Crippen molar-refractivity contribution < 1.29 is 0 Å². The lowest BCUT2D eigenvalue weighted by atomic mass is 10.2. The number of hydrogen-bond donors (Lipinski definition) is 0. The third kappa shape index (κ3) is 2.09. The maximum absolute atomic E-state index is 6.02. The lowest BCUT2D eigenvalue weighted by Gasteiger charge is -2.09. The highest BCUT2D eigenvalue weighted by Crippen LogP contribution is 2.31. The van der Waals surface area contributed by atoms with E-state index in [1.165, 1.54) is 0 Å². The van der Waals surface area contributed by atoms with Gasteiger partial charge in [-0.2, -0.15) is 5.10 Å². The summed E-state index contributed by atoms with van der Waals surface area (Å²) < 4.78 is 3.98. The maximum Gasteiger partial charge on any atom is 0.0718 e. The van der Waals surface area contributed by atoms with Crippen molar-refractivity contribution in [2.24, 2.45) is 7.05 Å². The van der Waals surface area contributed by atoms with Gasteiger partial charge in [-0.15, -0.1) is 0 Å². The molecule has 4 nitrogen and oxygen atoms in total. The molecule has 3 aromatic heterocycles. The molecule has 0 aliphatic heterocycles. The second-order valence-corrected chi connectivity index (χ2v) is 5.62. The standard InChI is InChI=1S/C17H13ClN4/c1-21-11-13(9-20-21)16-8-12-6-7-19-10-17(12)22(16)15-4-2-14(18)3-5-15/h2-11H,1H3. The second kappa shape index (κ2) is 5.00. The molecule has 0 saturated heterocycles. The smallest absolute Gasteiger partial charge is 0.0718 e. The molecule has 0 unspecified atom stereocenters. The summed E-state index contributed by atoms with van der Waals surface area (Å²) in [6.45, 7) is 0. The van der Waals surface area contributed by atoms with Gasteiger partial charge < -0.3 is 4.57 Å². The number of aromatic nitrogens is 4. The Kier molecular flexibility index (Phi) is 2.98. The van der Waals surface area contributed by atoms with Gasteiger partial charge in [0.25, 0.3) is 0 Å². The predicted molar refractivity (Wildman–Crippen MR) is 88.3 cm³/mol. The molecule has 4 aromatic rings. The van der Waals surface area contributed by atoms with Crippen molar-refractivity contribution in [3.63, 3.8) is 0 Å². The molecule has 0 amide bonds. The molecule has 0 radical (unpaired) electrons. The third-order valence-electron chi connectivity index (χ3n) is 3.69. The van der Waals surface area contributed by atoms with E-state index >= 15 is 0 Å². The summed E-state index contributed by atoms with van der Waals surface area (Å²) in [7, 11) is 1.92. The molecule has 5 heteroatoms. The third-order valence-corrected chi connectivity index (χ3v) is 3.94. The molecule has 1 aromatic carbocycles. The van der Waals surface area contributed by atoms with Gasteiger partial charge in [0.05, 0.1) is 23.6 Å². The summed E-state index contributed by atoms with van der Waals surface area (Å²) in [5, 5.41) is 6.14. The molecule has 0 N–H and O–H groups in total. The van der Waals surface area contributed by atoms with E-state index in [-0.39, 0.29) is 0 Å². The van der Waals surface area contributed by atoms with E-state index in [1.54, 1.807) is 4.68 Å². The number of halogens is 1. The van der Waals surface area contributed by atoms with Crippen molar-refractivity contribution in [2.45, 2.75) is 0 Å². The summed E-state index contributed by atoms with van der Waals surface area (Å²) in [5.74, 6) is 0. The van der Waals surface area contributed by atoms with E-state index in [4.69, 9.17) is 11.6 Å². The van der Waals surface area contributed by atoms with Gasteiger partial charge in [-0.25, -0.2) is 0 Å². The molecule has 3 heterocycles. The number of rotatable bonds is 2. The van der Waals surface area contributed by atoms with Gasteiger partial charge in [-0.1, -0.05) is 11.6 Å². The normalized spacial score (nSPS) is 11.2. The van der Waals surface area contributed by atoms with Crippen LogP contribution in [-0.2, 0) is 7.05 Å². The minimum Gasteiger partial charge on any atom is -0.308 e. The fourth-order valence-corrected chi connectivity index (χ4v) is 2.81. The molecule has 0 aliphatic carbocycles. The number of benzene rings is 1. The van der Waals surface area contributed by atoms with Gasteiger partial charge >= 0.3 is 0 Å². The molecular weight excluding hydrogens is 296 g/mol. The average Bonchev–Trinajstić information content (AvgIpc) is 3.11. The lowest BCUT2D eigenvalue weighted by Crippen LogP contribution is -1.96. The number of aryl methyl sites for hydroxylation is 1. The molecule has 0 saturated carbocycles. The average molecular weight is 309 g/mol. The zero-order valence-electron chi connectivity index (χ0n) is 11.9. The highest BCUT2D eigenvalue weighted by atomic mass is 35.5. The van der Waals surface area contributed by atoms with E-state index < -0.39 is 0 Å². The highest BCUT2D eigenvalue weighted by Gasteiger charge is 2.13. The van der Waals surface area contributed by atoms with Crippen molar-refractivity contribution in [3.8, 4) is 16.9 Å². The van der Waals surface area contributed by atoms with Crippen molar-refractivity contribution in [1.29, 1.82) is 0 Å². The van der Waals surface area contributed by atoms with Crippen LogP contribution in [0.5, 0.6) is 0 Å². The van der Waals surface area contributed by atoms with Gasteiger partial charge in [-0.3, -0.25) is 9.67 Å². The first-order chi connectivity index (χ1) is 10.7. The quantitative estimate of drug-likeness (QED) is 0.559. The van der Waals surface area contributed by atoms with Gasteiger partial charge in [-0.05, 0) is 36.4 Å². The van der Waals surface area contributed by atoms with Crippen LogP contribution >= 0.6 is 11.6 Å². The minimum absolute atomic E-state index is 0.723. The van der Waals surface area contributed by atoms with Crippen molar-refractivity contribution in [1.82, 2.24) is 19.3 Å².